The van der Waals surface area contributed by atoms with Crippen LogP contribution in [0.3, 0.4) is 0 Å². The Bertz CT molecular complexity index is 915. The summed E-state index contributed by atoms with van der Waals surface area (Å²) in [5.41, 5.74) is 1.75. The zero-order chi connectivity index (χ0) is 18.7. The van der Waals surface area contributed by atoms with E-state index < -0.39 is 0 Å². The van der Waals surface area contributed by atoms with Crippen LogP contribution >= 0.6 is 27.3 Å². The molecule has 5 rings (SSSR count). The van der Waals surface area contributed by atoms with Gasteiger partial charge >= 0.3 is 5.97 Å². The number of alkyl halides is 1. The van der Waals surface area contributed by atoms with Crippen LogP contribution in [0, 0.1) is 23.7 Å². The number of halogens is 1. The van der Waals surface area contributed by atoms with Crippen LogP contribution in [-0.2, 0) is 14.3 Å². The number of thiazole rings is 1. The molecule has 1 aliphatic heterocycles. The lowest BCUT2D eigenvalue weighted by Gasteiger charge is -2.27. The Labute approximate surface area is 168 Å². The quantitative estimate of drug-likeness (QED) is 0.573. The predicted molar refractivity (Wildman–Crippen MR) is 104 cm³/mol. The number of amides is 1. The van der Waals surface area contributed by atoms with Crippen LogP contribution in [0.15, 0.2) is 29.6 Å². The number of rotatable bonds is 4. The Kier molecular flexibility index (Phi) is 4.01. The molecular weight excluding hydrogens is 432 g/mol. The second kappa shape index (κ2) is 6.31. The molecule has 0 unspecified atom stereocenters. The van der Waals surface area contributed by atoms with Crippen LogP contribution in [0.4, 0.5) is 5.13 Å². The second-order valence-electron chi connectivity index (χ2n) is 7.22. The van der Waals surface area contributed by atoms with Crippen molar-refractivity contribution in [3.63, 3.8) is 0 Å². The van der Waals surface area contributed by atoms with E-state index in [4.69, 9.17) is 9.47 Å². The number of ether oxygens (including phenoxy) is 2. The molecule has 140 valence electrons. The number of anilines is 1. The van der Waals surface area contributed by atoms with E-state index >= 15 is 0 Å². The Hall–Kier alpha value is -1.93. The van der Waals surface area contributed by atoms with E-state index in [9.17, 15) is 9.59 Å². The van der Waals surface area contributed by atoms with Crippen LogP contribution in [-0.4, -0.2) is 34.9 Å². The molecule has 1 N–H and O–H groups in total. The van der Waals surface area contributed by atoms with Gasteiger partial charge in [0, 0.05) is 16.9 Å². The number of hydrogen-bond donors (Lipinski definition) is 1. The minimum absolute atomic E-state index is 0.0621. The molecule has 1 saturated heterocycles. The van der Waals surface area contributed by atoms with Crippen molar-refractivity contribution in [1.29, 1.82) is 0 Å². The van der Waals surface area contributed by atoms with Gasteiger partial charge in [0.05, 0.1) is 29.5 Å². The van der Waals surface area contributed by atoms with Gasteiger partial charge in [-0.25, -0.2) is 4.98 Å². The Morgan fingerprint density at radius 3 is 2.85 bits per heavy atom. The molecule has 2 saturated carbocycles. The largest absolute Gasteiger partial charge is 0.497 e. The van der Waals surface area contributed by atoms with Crippen LogP contribution in [0.5, 0.6) is 5.75 Å². The molecule has 2 aliphatic carbocycles. The van der Waals surface area contributed by atoms with Gasteiger partial charge in [0.15, 0.2) is 5.13 Å². The monoisotopic (exact) mass is 448 g/mol. The molecular formula is C19H17BrN2O4S. The molecule has 1 amide bonds. The van der Waals surface area contributed by atoms with Crippen molar-refractivity contribution in [1.82, 2.24) is 4.98 Å². The molecule has 3 aliphatic rings. The molecule has 2 bridgehead atoms. The van der Waals surface area contributed by atoms with E-state index in [1.54, 1.807) is 7.11 Å². The van der Waals surface area contributed by atoms with Crippen molar-refractivity contribution in [3.8, 4) is 17.0 Å². The number of benzene rings is 1. The lowest BCUT2D eigenvalue weighted by molar-refractivity contribution is -0.145. The van der Waals surface area contributed by atoms with Crippen molar-refractivity contribution in [2.75, 3.05) is 12.4 Å². The molecule has 3 fully saturated rings. The van der Waals surface area contributed by atoms with Gasteiger partial charge < -0.3 is 14.8 Å². The number of carbonyl (C=O) groups is 2. The number of methoxy groups -OCH3 is 1. The predicted octanol–water partition coefficient (Wildman–Crippen LogP) is 3.33. The van der Waals surface area contributed by atoms with Crippen molar-refractivity contribution in [3.05, 3.63) is 29.6 Å². The van der Waals surface area contributed by atoms with Crippen LogP contribution in [0.25, 0.3) is 11.3 Å². The summed E-state index contributed by atoms with van der Waals surface area (Å²) in [7, 11) is 1.63. The summed E-state index contributed by atoms with van der Waals surface area (Å²) in [5.74, 6) is 0.0578. The highest BCUT2D eigenvalue weighted by atomic mass is 79.9. The summed E-state index contributed by atoms with van der Waals surface area (Å²) < 4.78 is 10.6. The Balaban J connectivity index is 1.33. The average molecular weight is 449 g/mol. The summed E-state index contributed by atoms with van der Waals surface area (Å²) in [4.78, 5) is 29.7. The fourth-order valence-corrected chi connectivity index (χ4v) is 6.51. The third-order valence-electron chi connectivity index (χ3n) is 5.95. The second-order valence-corrected chi connectivity index (χ2v) is 9.13. The van der Waals surface area contributed by atoms with E-state index in [0.717, 1.165) is 23.4 Å². The van der Waals surface area contributed by atoms with Gasteiger partial charge in [0.2, 0.25) is 5.91 Å². The molecule has 1 aromatic heterocycles. The first-order chi connectivity index (χ1) is 13.1. The van der Waals surface area contributed by atoms with Gasteiger partial charge in [-0.3, -0.25) is 9.59 Å². The first-order valence-electron chi connectivity index (χ1n) is 8.82. The molecule has 0 radical (unpaired) electrons. The van der Waals surface area contributed by atoms with Crippen molar-refractivity contribution in [2.45, 2.75) is 17.4 Å². The summed E-state index contributed by atoms with van der Waals surface area (Å²) in [6.45, 7) is 0. The molecule has 6 atom stereocenters. The number of nitrogens with zero attached hydrogens (tertiary/aromatic N) is 1. The molecule has 0 spiro atoms. The smallest absolute Gasteiger partial charge is 0.310 e. The highest BCUT2D eigenvalue weighted by molar-refractivity contribution is 9.09. The topological polar surface area (TPSA) is 77.5 Å². The van der Waals surface area contributed by atoms with Gasteiger partial charge in [0.1, 0.15) is 11.9 Å². The fourth-order valence-electron chi connectivity index (χ4n) is 4.74. The maximum Gasteiger partial charge on any atom is 0.310 e. The van der Waals surface area contributed by atoms with Crippen LogP contribution in [0.1, 0.15) is 6.42 Å². The first-order valence-corrected chi connectivity index (χ1v) is 10.6. The molecule has 1 aromatic carbocycles. The standard InChI is InChI=1S/C19H17BrN2O4S/c1-25-9-4-2-8(3-5-9)12-7-27-19(21-12)22-17(23)13-10-6-11-14(13)18(24)26-16(11)15(10)20/h2-5,7,10-11,13-16H,6H2,1H3,(H,21,22,23)/t10-,11-,13-,14-,15-,16+/m1/s1. The van der Waals surface area contributed by atoms with Crippen molar-refractivity contribution < 1.29 is 19.1 Å². The summed E-state index contributed by atoms with van der Waals surface area (Å²) >= 11 is 5.02. The normalized spacial score (nSPS) is 33.2. The van der Waals surface area contributed by atoms with Crippen LogP contribution < -0.4 is 10.1 Å². The third-order valence-corrected chi connectivity index (χ3v) is 7.90. The first kappa shape index (κ1) is 17.2. The van der Waals surface area contributed by atoms with E-state index in [-0.39, 0.29) is 46.5 Å². The highest BCUT2D eigenvalue weighted by Gasteiger charge is 2.67. The van der Waals surface area contributed by atoms with Gasteiger partial charge in [-0.2, -0.15) is 0 Å². The molecule has 27 heavy (non-hydrogen) atoms. The third kappa shape index (κ3) is 2.61. The Morgan fingerprint density at radius 2 is 2.11 bits per heavy atom. The van der Waals surface area contributed by atoms with Crippen LogP contribution in [0.2, 0.25) is 0 Å². The Morgan fingerprint density at radius 1 is 1.33 bits per heavy atom. The maximum atomic E-state index is 12.9. The van der Waals surface area contributed by atoms with E-state index in [0.29, 0.717) is 5.13 Å². The molecule has 2 aromatic rings. The van der Waals surface area contributed by atoms with E-state index in [1.807, 2.05) is 29.6 Å². The van der Waals surface area contributed by atoms with E-state index in [1.165, 1.54) is 11.3 Å². The molecule has 2 heterocycles. The van der Waals surface area contributed by atoms with Gasteiger partial charge in [0.25, 0.3) is 0 Å². The summed E-state index contributed by atoms with van der Waals surface area (Å²) in [5, 5.41) is 5.37. The highest BCUT2D eigenvalue weighted by Crippen LogP contribution is 2.60. The summed E-state index contributed by atoms with van der Waals surface area (Å²) in [6.07, 6.45) is 0.794. The summed E-state index contributed by atoms with van der Waals surface area (Å²) in [6, 6.07) is 7.61. The molecule has 6 nitrogen and oxygen atoms in total. The van der Waals surface area contributed by atoms with E-state index in [2.05, 4.69) is 26.2 Å². The number of esters is 1. The van der Waals surface area contributed by atoms with Crippen molar-refractivity contribution in [2.24, 2.45) is 23.7 Å². The number of carbonyl (C=O) groups excluding carboxylic acids is 2. The average Bonchev–Trinajstić information content (AvgIpc) is 3.40. The van der Waals surface area contributed by atoms with Crippen molar-refractivity contribution >= 4 is 44.3 Å². The minimum Gasteiger partial charge on any atom is -0.497 e. The number of aromatic nitrogens is 1. The minimum atomic E-state index is -0.348. The fraction of sp³-hybridized carbons (Fsp3) is 0.421. The zero-order valence-electron chi connectivity index (χ0n) is 14.4. The maximum absolute atomic E-state index is 12.9. The lowest BCUT2D eigenvalue weighted by Crippen LogP contribution is -2.40. The molecule has 8 heteroatoms. The SMILES string of the molecule is COc1ccc(-c2csc(NC(=O)[C@@H]3[C@H]4C[C@H]5[C@H](OC(=O)[C@H]53)[C@@H]4Br)n2)cc1. The number of nitrogens with one attached hydrogen (secondary N) is 1. The number of fused-ring (bicyclic) bond motifs is 1. The van der Waals surface area contributed by atoms with Gasteiger partial charge in [-0.15, -0.1) is 11.3 Å². The zero-order valence-corrected chi connectivity index (χ0v) is 16.8. The van der Waals surface area contributed by atoms with Gasteiger partial charge in [-0.1, -0.05) is 15.9 Å². The number of hydrogen-bond acceptors (Lipinski definition) is 6. The lowest BCUT2D eigenvalue weighted by atomic mass is 9.79. The van der Waals surface area contributed by atoms with Gasteiger partial charge in [-0.05, 0) is 36.6 Å².